The number of fused-ring (bicyclic) bond motifs is 1. The van der Waals surface area contributed by atoms with Gasteiger partial charge < -0.3 is 9.64 Å². The first kappa shape index (κ1) is 17.3. The molecule has 4 rings (SSSR count). The lowest BCUT2D eigenvalue weighted by atomic mass is 10.0. The van der Waals surface area contributed by atoms with E-state index < -0.39 is 0 Å². The number of carbonyl (C=O) groups excluding carboxylic acids is 1. The molecule has 0 bridgehead atoms. The van der Waals surface area contributed by atoms with Crippen LogP contribution in [0.4, 0.5) is 5.69 Å². The third-order valence-corrected chi connectivity index (χ3v) is 4.94. The molecule has 0 atom stereocenters. The molecular formula is C24H23NO2. The quantitative estimate of drug-likeness (QED) is 0.657. The van der Waals surface area contributed by atoms with Crippen LogP contribution < -0.4 is 9.64 Å². The van der Waals surface area contributed by atoms with Crippen LogP contribution >= 0.6 is 0 Å². The third-order valence-electron chi connectivity index (χ3n) is 4.94. The zero-order valence-corrected chi connectivity index (χ0v) is 15.3. The fraction of sp³-hybridized carbons (Fsp3) is 0.208. The Hall–Kier alpha value is -3.07. The topological polar surface area (TPSA) is 29.5 Å². The number of aryl methyl sites for hydroxylation is 1. The summed E-state index contributed by atoms with van der Waals surface area (Å²) in [6.45, 7) is 1.35. The highest BCUT2D eigenvalue weighted by atomic mass is 16.5. The van der Waals surface area contributed by atoms with Crippen molar-refractivity contribution in [3.63, 3.8) is 0 Å². The first-order valence-corrected chi connectivity index (χ1v) is 9.43. The van der Waals surface area contributed by atoms with Crippen molar-refractivity contribution in [3.05, 3.63) is 95.6 Å². The van der Waals surface area contributed by atoms with Crippen LogP contribution in [0.2, 0.25) is 0 Å². The SMILES string of the molecule is O=C(Cc1ccc(OCc2ccccc2)cc1)N1CCCc2ccccc21. The normalized spacial score (nSPS) is 13.1. The predicted molar refractivity (Wildman–Crippen MR) is 108 cm³/mol. The summed E-state index contributed by atoms with van der Waals surface area (Å²) in [6, 6.07) is 26.2. The second-order valence-electron chi connectivity index (χ2n) is 6.87. The van der Waals surface area contributed by atoms with E-state index >= 15 is 0 Å². The molecule has 0 aromatic heterocycles. The minimum Gasteiger partial charge on any atom is -0.489 e. The third kappa shape index (κ3) is 4.20. The maximum absolute atomic E-state index is 12.8. The van der Waals surface area contributed by atoms with Crippen molar-refractivity contribution < 1.29 is 9.53 Å². The smallest absolute Gasteiger partial charge is 0.231 e. The molecule has 1 aliphatic rings. The van der Waals surface area contributed by atoms with Gasteiger partial charge in [-0.15, -0.1) is 0 Å². The van der Waals surface area contributed by atoms with Crippen LogP contribution in [0.25, 0.3) is 0 Å². The summed E-state index contributed by atoms with van der Waals surface area (Å²) in [6.07, 6.45) is 2.48. The standard InChI is InChI=1S/C24H23NO2/c26-24(25-16-6-10-21-9-4-5-11-23(21)25)17-19-12-14-22(15-13-19)27-18-20-7-2-1-3-8-20/h1-5,7-9,11-15H,6,10,16-18H2. The second-order valence-corrected chi connectivity index (χ2v) is 6.87. The van der Waals surface area contributed by atoms with Crippen LogP contribution in [-0.4, -0.2) is 12.5 Å². The summed E-state index contributed by atoms with van der Waals surface area (Å²) in [5.41, 5.74) is 4.48. The van der Waals surface area contributed by atoms with Crippen LogP contribution in [0.15, 0.2) is 78.9 Å². The van der Waals surface area contributed by atoms with Gasteiger partial charge in [-0.1, -0.05) is 60.7 Å². The molecule has 0 unspecified atom stereocenters. The molecule has 3 aromatic rings. The molecule has 0 fully saturated rings. The Morgan fingerprint density at radius 2 is 1.59 bits per heavy atom. The molecule has 0 saturated heterocycles. The first-order valence-electron chi connectivity index (χ1n) is 9.43. The molecule has 0 saturated carbocycles. The fourth-order valence-electron chi connectivity index (χ4n) is 3.51. The van der Waals surface area contributed by atoms with Crippen molar-refractivity contribution in [3.8, 4) is 5.75 Å². The number of rotatable bonds is 5. The zero-order valence-electron chi connectivity index (χ0n) is 15.3. The highest BCUT2D eigenvalue weighted by Gasteiger charge is 2.22. The molecule has 3 nitrogen and oxygen atoms in total. The molecule has 0 spiro atoms. The Balaban J connectivity index is 1.38. The van der Waals surface area contributed by atoms with E-state index in [1.165, 1.54) is 5.56 Å². The van der Waals surface area contributed by atoms with Gasteiger partial charge in [0.1, 0.15) is 12.4 Å². The largest absolute Gasteiger partial charge is 0.489 e. The number of ether oxygens (including phenoxy) is 1. The fourth-order valence-corrected chi connectivity index (χ4v) is 3.51. The van der Waals surface area contributed by atoms with Crippen LogP contribution in [-0.2, 0) is 24.2 Å². The number of benzene rings is 3. The van der Waals surface area contributed by atoms with Gasteiger partial charge in [-0.2, -0.15) is 0 Å². The molecule has 0 aliphatic carbocycles. The number of hydrogen-bond donors (Lipinski definition) is 0. The van der Waals surface area contributed by atoms with Crippen molar-refractivity contribution in [2.45, 2.75) is 25.9 Å². The van der Waals surface area contributed by atoms with E-state index in [-0.39, 0.29) is 5.91 Å². The van der Waals surface area contributed by atoms with E-state index in [4.69, 9.17) is 4.74 Å². The average molecular weight is 357 g/mol. The molecule has 3 aromatic carbocycles. The van der Waals surface area contributed by atoms with Gasteiger partial charge in [-0.05, 0) is 47.7 Å². The maximum atomic E-state index is 12.8. The number of amides is 1. The molecule has 0 N–H and O–H groups in total. The van der Waals surface area contributed by atoms with Crippen LogP contribution in [0.5, 0.6) is 5.75 Å². The highest BCUT2D eigenvalue weighted by Crippen LogP contribution is 2.27. The lowest BCUT2D eigenvalue weighted by molar-refractivity contribution is -0.118. The van der Waals surface area contributed by atoms with E-state index in [2.05, 4.69) is 6.07 Å². The average Bonchev–Trinajstić information content (AvgIpc) is 2.73. The van der Waals surface area contributed by atoms with Gasteiger partial charge in [0, 0.05) is 12.2 Å². The number of anilines is 1. The minimum absolute atomic E-state index is 0.153. The number of para-hydroxylation sites is 1. The Morgan fingerprint density at radius 3 is 2.41 bits per heavy atom. The number of carbonyl (C=O) groups is 1. The number of nitrogens with zero attached hydrogens (tertiary/aromatic N) is 1. The lowest BCUT2D eigenvalue weighted by Gasteiger charge is -2.29. The van der Waals surface area contributed by atoms with E-state index in [0.29, 0.717) is 13.0 Å². The van der Waals surface area contributed by atoms with Crippen LogP contribution in [0.1, 0.15) is 23.1 Å². The van der Waals surface area contributed by atoms with Crippen molar-refractivity contribution in [2.24, 2.45) is 0 Å². The van der Waals surface area contributed by atoms with Gasteiger partial charge in [0.25, 0.3) is 0 Å². The van der Waals surface area contributed by atoms with E-state index in [1.807, 2.05) is 77.7 Å². The number of hydrogen-bond acceptors (Lipinski definition) is 2. The van der Waals surface area contributed by atoms with Gasteiger partial charge in [0.2, 0.25) is 5.91 Å². The Morgan fingerprint density at radius 1 is 0.852 bits per heavy atom. The molecule has 136 valence electrons. The Kier molecular flexibility index (Phi) is 5.20. The molecule has 1 aliphatic heterocycles. The zero-order chi connectivity index (χ0) is 18.5. The van der Waals surface area contributed by atoms with Gasteiger partial charge in [-0.3, -0.25) is 4.79 Å². The van der Waals surface area contributed by atoms with Gasteiger partial charge in [0.15, 0.2) is 0 Å². The van der Waals surface area contributed by atoms with Crippen molar-refractivity contribution in [1.82, 2.24) is 0 Å². The summed E-state index contributed by atoms with van der Waals surface area (Å²) in [4.78, 5) is 14.7. The summed E-state index contributed by atoms with van der Waals surface area (Å²) in [5.74, 6) is 0.971. The molecule has 3 heteroatoms. The van der Waals surface area contributed by atoms with Crippen LogP contribution in [0.3, 0.4) is 0 Å². The summed E-state index contributed by atoms with van der Waals surface area (Å²) in [7, 11) is 0. The second kappa shape index (κ2) is 8.09. The van der Waals surface area contributed by atoms with E-state index in [0.717, 1.165) is 42.0 Å². The minimum atomic E-state index is 0.153. The first-order chi connectivity index (χ1) is 13.3. The van der Waals surface area contributed by atoms with Crippen molar-refractivity contribution in [1.29, 1.82) is 0 Å². The van der Waals surface area contributed by atoms with E-state index in [1.54, 1.807) is 0 Å². The predicted octanol–water partition coefficient (Wildman–Crippen LogP) is 4.79. The van der Waals surface area contributed by atoms with Gasteiger partial charge >= 0.3 is 0 Å². The lowest BCUT2D eigenvalue weighted by Crippen LogP contribution is -2.36. The molecule has 27 heavy (non-hydrogen) atoms. The molecular weight excluding hydrogens is 334 g/mol. The highest BCUT2D eigenvalue weighted by molar-refractivity contribution is 5.95. The Labute approximate surface area is 160 Å². The van der Waals surface area contributed by atoms with Crippen molar-refractivity contribution >= 4 is 11.6 Å². The Bertz CT molecular complexity index is 903. The summed E-state index contributed by atoms with van der Waals surface area (Å²) < 4.78 is 5.82. The molecule has 1 amide bonds. The molecule has 1 heterocycles. The summed E-state index contributed by atoms with van der Waals surface area (Å²) >= 11 is 0. The monoisotopic (exact) mass is 357 g/mol. The summed E-state index contributed by atoms with van der Waals surface area (Å²) in [5, 5.41) is 0. The van der Waals surface area contributed by atoms with E-state index in [9.17, 15) is 4.79 Å². The molecule has 0 radical (unpaired) electrons. The van der Waals surface area contributed by atoms with Gasteiger partial charge in [-0.25, -0.2) is 0 Å². The van der Waals surface area contributed by atoms with Crippen LogP contribution in [0, 0.1) is 0 Å². The van der Waals surface area contributed by atoms with Gasteiger partial charge in [0.05, 0.1) is 6.42 Å². The maximum Gasteiger partial charge on any atom is 0.231 e. The van der Waals surface area contributed by atoms with Crippen molar-refractivity contribution in [2.75, 3.05) is 11.4 Å².